The maximum absolute atomic E-state index is 12.5. The van der Waals surface area contributed by atoms with Crippen LogP contribution in [0.3, 0.4) is 0 Å². The number of rotatable bonds is 5. The van der Waals surface area contributed by atoms with E-state index < -0.39 is 0 Å². The predicted molar refractivity (Wildman–Crippen MR) is 107 cm³/mol. The number of halogens is 1. The van der Waals surface area contributed by atoms with Crippen molar-refractivity contribution in [2.45, 2.75) is 25.9 Å². The first kappa shape index (κ1) is 17.7. The van der Waals surface area contributed by atoms with Crippen molar-refractivity contribution >= 4 is 28.3 Å². The van der Waals surface area contributed by atoms with E-state index in [0.717, 1.165) is 22.8 Å². The molecule has 2 aromatic carbocycles. The number of para-hydroxylation sites is 1. The van der Waals surface area contributed by atoms with Crippen molar-refractivity contribution in [2.75, 3.05) is 0 Å². The first-order valence-corrected chi connectivity index (χ1v) is 9.28. The molecule has 0 saturated carbocycles. The second-order valence-electron chi connectivity index (χ2n) is 6.53. The van der Waals surface area contributed by atoms with Gasteiger partial charge in [0.2, 0.25) is 5.78 Å². The van der Waals surface area contributed by atoms with E-state index >= 15 is 0 Å². The number of benzene rings is 2. The molecule has 0 fully saturated rings. The van der Waals surface area contributed by atoms with Gasteiger partial charge in [-0.3, -0.25) is 13.8 Å². The average molecular weight is 382 g/mol. The molecule has 7 heteroatoms. The van der Waals surface area contributed by atoms with Gasteiger partial charge in [-0.25, -0.2) is 0 Å². The van der Waals surface area contributed by atoms with Crippen LogP contribution in [0.4, 0.5) is 0 Å². The topological polar surface area (TPSA) is 64.2 Å². The molecule has 6 nitrogen and oxygen atoms in total. The van der Waals surface area contributed by atoms with E-state index in [9.17, 15) is 4.79 Å². The molecule has 138 valence electrons. The Bertz CT molecular complexity index is 1160. The fourth-order valence-electron chi connectivity index (χ4n) is 3.41. The van der Waals surface area contributed by atoms with Gasteiger partial charge in [-0.2, -0.15) is 0 Å². The number of fused-ring (bicyclic) bond motifs is 3. The van der Waals surface area contributed by atoms with E-state index in [-0.39, 0.29) is 11.6 Å². The Kier molecular flexibility index (Phi) is 4.68. The molecule has 1 N–H and O–H groups in total. The SMILES string of the molecule is CC[C@@H](NCc1nnc2n(C)c(=O)c3ccccc3n12)c1ccc(Cl)cc1. The van der Waals surface area contributed by atoms with Crippen LogP contribution in [0.5, 0.6) is 0 Å². The number of nitrogens with one attached hydrogen (secondary N) is 1. The highest BCUT2D eigenvalue weighted by Gasteiger charge is 2.16. The summed E-state index contributed by atoms with van der Waals surface area (Å²) < 4.78 is 3.48. The minimum Gasteiger partial charge on any atom is -0.303 e. The first-order chi connectivity index (χ1) is 13.1. The number of aryl methyl sites for hydroxylation is 1. The molecule has 0 amide bonds. The third kappa shape index (κ3) is 3.11. The van der Waals surface area contributed by atoms with E-state index in [2.05, 4.69) is 22.4 Å². The van der Waals surface area contributed by atoms with Gasteiger partial charge in [0, 0.05) is 18.1 Å². The zero-order valence-corrected chi connectivity index (χ0v) is 15.9. The Morgan fingerprint density at radius 2 is 1.85 bits per heavy atom. The van der Waals surface area contributed by atoms with Crippen LogP contribution in [0.15, 0.2) is 53.3 Å². The van der Waals surface area contributed by atoms with Crippen molar-refractivity contribution in [2.24, 2.45) is 7.05 Å². The fraction of sp³-hybridized carbons (Fsp3) is 0.250. The number of nitrogens with zero attached hydrogens (tertiary/aromatic N) is 4. The highest BCUT2D eigenvalue weighted by Crippen LogP contribution is 2.20. The van der Waals surface area contributed by atoms with Crippen molar-refractivity contribution in [3.8, 4) is 0 Å². The average Bonchev–Trinajstić information content (AvgIpc) is 3.12. The molecule has 0 radical (unpaired) electrons. The molecule has 4 rings (SSSR count). The van der Waals surface area contributed by atoms with Crippen LogP contribution in [0, 0.1) is 0 Å². The van der Waals surface area contributed by atoms with Gasteiger partial charge in [-0.15, -0.1) is 10.2 Å². The van der Waals surface area contributed by atoms with Crippen molar-refractivity contribution < 1.29 is 0 Å². The highest BCUT2D eigenvalue weighted by molar-refractivity contribution is 6.30. The third-order valence-electron chi connectivity index (χ3n) is 4.88. The van der Waals surface area contributed by atoms with Gasteiger partial charge in [0.25, 0.3) is 5.56 Å². The summed E-state index contributed by atoms with van der Waals surface area (Å²) in [7, 11) is 1.72. The van der Waals surface area contributed by atoms with Crippen LogP contribution in [-0.4, -0.2) is 19.2 Å². The lowest BCUT2D eigenvalue weighted by Crippen LogP contribution is -2.23. The molecule has 1 atom stereocenters. The molecule has 0 spiro atoms. The van der Waals surface area contributed by atoms with Crippen LogP contribution in [0.2, 0.25) is 5.02 Å². The molecule has 2 heterocycles. The summed E-state index contributed by atoms with van der Waals surface area (Å²) in [4.78, 5) is 12.5. The lowest BCUT2D eigenvalue weighted by atomic mass is 10.0. The second kappa shape index (κ2) is 7.13. The summed E-state index contributed by atoms with van der Waals surface area (Å²) in [5, 5.41) is 13.5. The molecular formula is C20H20ClN5O. The van der Waals surface area contributed by atoms with E-state index in [1.54, 1.807) is 7.05 Å². The van der Waals surface area contributed by atoms with E-state index in [0.29, 0.717) is 17.7 Å². The second-order valence-corrected chi connectivity index (χ2v) is 6.96. The van der Waals surface area contributed by atoms with Gasteiger partial charge in [0.15, 0.2) is 5.82 Å². The van der Waals surface area contributed by atoms with Gasteiger partial charge in [0.05, 0.1) is 17.4 Å². The largest absolute Gasteiger partial charge is 0.303 e. The zero-order valence-electron chi connectivity index (χ0n) is 15.2. The highest BCUT2D eigenvalue weighted by atomic mass is 35.5. The summed E-state index contributed by atoms with van der Waals surface area (Å²) in [6, 6.07) is 15.6. The molecular weight excluding hydrogens is 362 g/mol. The Labute approximate surface area is 161 Å². The Morgan fingerprint density at radius 1 is 1.11 bits per heavy atom. The van der Waals surface area contributed by atoms with E-state index in [1.165, 1.54) is 10.1 Å². The fourth-order valence-corrected chi connectivity index (χ4v) is 3.54. The molecule has 4 aromatic rings. The van der Waals surface area contributed by atoms with E-state index in [1.807, 2.05) is 52.9 Å². The van der Waals surface area contributed by atoms with Crippen LogP contribution in [0.1, 0.15) is 30.8 Å². The van der Waals surface area contributed by atoms with Crippen LogP contribution in [-0.2, 0) is 13.6 Å². The van der Waals surface area contributed by atoms with Gasteiger partial charge in [0.1, 0.15) is 0 Å². The summed E-state index contributed by atoms with van der Waals surface area (Å²) in [5.41, 5.74) is 1.92. The Balaban J connectivity index is 1.72. The summed E-state index contributed by atoms with van der Waals surface area (Å²) >= 11 is 6.00. The van der Waals surface area contributed by atoms with Gasteiger partial charge in [-0.1, -0.05) is 42.8 Å². The zero-order chi connectivity index (χ0) is 19.0. The van der Waals surface area contributed by atoms with Crippen LogP contribution >= 0.6 is 11.6 Å². The van der Waals surface area contributed by atoms with Crippen LogP contribution < -0.4 is 10.9 Å². The quantitative estimate of drug-likeness (QED) is 0.575. The maximum atomic E-state index is 12.5. The summed E-state index contributed by atoms with van der Waals surface area (Å²) in [5.74, 6) is 1.30. The van der Waals surface area contributed by atoms with Gasteiger partial charge in [-0.05, 0) is 36.2 Å². The maximum Gasteiger partial charge on any atom is 0.262 e. The van der Waals surface area contributed by atoms with Gasteiger partial charge >= 0.3 is 0 Å². The summed E-state index contributed by atoms with van der Waals surface area (Å²) in [6.45, 7) is 2.66. The minimum atomic E-state index is -0.0717. The molecule has 0 aliphatic carbocycles. The molecule has 2 aromatic heterocycles. The first-order valence-electron chi connectivity index (χ1n) is 8.90. The molecule has 27 heavy (non-hydrogen) atoms. The standard InChI is InChI=1S/C20H20ClN5O/c1-3-16(13-8-10-14(21)11-9-13)22-12-18-23-24-20-25(2)19(27)15-6-4-5-7-17(15)26(18)20/h4-11,16,22H,3,12H2,1-2H3/t16-/m1/s1. The number of hydrogen-bond donors (Lipinski definition) is 1. The number of hydrogen-bond acceptors (Lipinski definition) is 4. The molecule has 0 aliphatic rings. The van der Waals surface area contributed by atoms with Crippen molar-refractivity contribution in [1.29, 1.82) is 0 Å². The van der Waals surface area contributed by atoms with Gasteiger partial charge < -0.3 is 5.32 Å². The Hall–Kier alpha value is -2.70. The minimum absolute atomic E-state index is 0.0717. The molecule has 0 unspecified atom stereocenters. The lowest BCUT2D eigenvalue weighted by Gasteiger charge is -2.17. The van der Waals surface area contributed by atoms with Crippen LogP contribution in [0.25, 0.3) is 16.7 Å². The van der Waals surface area contributed by atoms with Crippen molar-refractivity contribution in [1.82, 2.24) is 24.5 Å². The number of aromatic nitrogens is 4. The molecule has 0 bridgehead atoms. The third-order valence-corrected chi connectivity index (χ3v) is 5.13. The monoisotopic (exact) mass is 381 g/mol. The molecule has 0 aliphatic heterocycles. The summed E-state index contributed by atoms with van der Waals surface area (Å²) in [6.07, 6.45) is 0.928. The molecule has 0 saturated heterocycles. The van der Waals surface area contributed by atoms with Crippen molar-refractivity contribution in [3.63, 3.8) is 0 Å². The normalized spacial score (nSPS) is 12.7. The smallest absolute Gasteiger partial charge is 0.262 e. The predicted octanol–water partition coefficient (Wildman–Crippen LogP) is 3.48. The lowest BCUT2D eigenvalue weighted by molar-refractivity contribution is 0.507. The van der Waals surface area contributed by atoms with E-state index in [4.69, 9.17) is 11.6 Å². The van der Waals surface area contributed by atoms with Crippen molar-refractivity contribution in [3.05, 3.63) is 75.3 Å². The Morgan fingerprint density at radius 3 is 2.59 bits per heavy atom.